The Kier molecular flexibility index (Phi) is 4.04. The smallest absolute Gasteiger partial charge is 0.268 e. The van der Waals surface area contributed by atoms with Crippen molar-refractivity contribution in [2.24, 2.45) is 5.73 Å². The molecule has 0 aliphatic heterocycles. The number of aromatic nitrogens is 2. The minimum absolute atomic E-state index is 0.0599. The average molecular weight is 307 g/mol. The number of rotatable bonds is 3. The van der Waals surface area contributed by atoms with E-state index in [1.807, 2.05) is 0 Å². The molecular weight excluding hydrogens is 293 g/mol. The number of benzene rings is 1. The van der Waals surface area contributed by atoms with Gasteiger partial charge in [-0.25, -0.2) is 9.07 Å². The van der Waals surface area contributed by atoms with Crippen molar-refractivity contribution in [3.63, 3.8) is 0 Å². The maximum Gasteiger partial charge on any atom is 0.268 e. The minimum atomic E-state index is -0.521. The summed E-state index contributed by atoms with van der Waals surface area (Å²) < 4.78 is 14.7. The summed E-state index contributed by atoms with van der Waals surface area (Å²) in [7, 11) is 0. The van der Waals surface area contributed by atoms with E-state index in [0.717, 1.165) is 0 Å². The molecule has 1 aromatic heterocycles. The number of thiocarbonyl (C=S) groups is 1. The van der Waals surface area contributed by atoms with Crippen LogP contribution in [0.25, 0.3) is 0 Å². The molecule has 0 saturated heterocycles. The van der Waals surface area contributed by atoms with Gasteiger partial charge in [0.1, 0.15) is 10.8 Å². The highest BCUT2D eigenvalue weighted by atomic mass is 32.1. The lowest BCUT2D eigenvalue weighted by Gasteiger charge is -2.10. The van der Waals surface area contributed by atoms with E-state index in [0.29, 0.717) is 16.7 Å². The van der Waals surface area contributed by atoms with Gasteiger partial charge in [-0.1, -0.05) is 18.3 Å². The summed E-state index contributed by atoms with van der Waals surface area (Å²) in [6, 6.07) is 4.21. The number of nitrogens with zero attached hydrogens (tertiary/aromatic N) is 1. The Morgan fingerprint density at radius 3 is 2.62 bits per heavy atom. The van der Waals surface area contributed by atoms with Crippen LogP contribution < -0.4 is 16.9 Å². The quantitative estimate of drug-likeness (QED) is 0.828. The third-order valence-corrected chi connectivity index (χ3v) is 3.56. The standard InChI is InChI=1S/C14H14FN3O2S/c1-7-8(2)14(20)18(17-13(7)19)6-9-3-4-11(15)10(5-9)12(16)21/h3-5H,6H2,1-2H3,(H2,16,21)(H,17,19). The maximum atomic E-state index is 13.5. The molecule has 0 fully saturated rings. The average Bonchev–Trinajstić information content (AvgIpc) is 2.44. The number of hydrogen-bond acceptors (Lipinski definition) is 3. The summed E-state index contributed by atoms with van der Waals surface area (Å²) in [4.78, 5) is 23.8. The van der Waals surface area contributed by atoms with Crippen LogP contribution in [-0.2, 0) is 6.54 Å². The Morgan fingerprint density at radius 1 is 1.33 bits per heavy atom. The molecule has 110 valence electrons. The Bertz CT molecular complexity index is 839. The van der Waals surface area contributed by atoms with Gasteiger partial charge in [0, 0.05) is 16.7 Å². The van der Waals surface area contributed by atoms with Crippen molar-refractivity contribution in [2.75, 3.05) is 0 Å². The fourth-order valence-corrected chi connectivity index (χ4v) is 2.10. The lowest BCUT2D eigenvalue weighted by molar-refractivity contribution is 0.608. The van der Waals surface area contributed by atoms with E-state index in [1.165, 1.54) is 22.9 Å². The highest BCUT2D eigenvalue weighted by Crippen LogP contribution is 2.11. The molecule has 3 N–H and O–H groups in total. The van der Waals surface area contributed by atoms with Crippen molar-refractivity contribution >= 4 is 17.2 Å². The Morgan fingerprint density at radius 2 is 2.00 bits per heavy atom. The second kappa shape index (κ2) is 5.61. The van der Waals surface area contributed by atoms with Crippen molar-refractivity contribution < 1.29 is 4.39 Å². The van der Waals surface area contributed by atoms with Crippen molar-refractivity contribution in [2.45, 2.75) is 20.4 Å². The minimum Gasteiger partial charge on any atom is -0.389 e. The first-order chi connectivity index (χ1) is 9.81. The van der Waals surface area contributed by atoms with Gasteiger partial charge in [0.15, 0.2) is 0 Å². The number of halogens is 1. The second-order valence-electron chi connectivity index (χ2n) is 4.76. The Labute approximate surface area is 125 Å². The molecule has 0 saturated carbocycles. The topological polar surface area (TPSA) is 80.9 Å². The highest BCUT2D eigenvalue weighted by Gasteiger charge is 2.10. The number of hydrogen-bond donors (Lipinski definition) is 2. The van der Waals surface area contributed by atoms with Gasteiger partial charge < -0.3 is 5.73 Å². The van der Waals surface area contributed by atoms with Crippen LogP contribution in [0.5, 0.6) is 0 Å². The molecule has 5 nitrogen and oxygen atoms in total. The van der Waals surface area contributed by atoms with E-state index in [9.17, 15) is 14.0 Å². The maximum absolute atomic E-state index is 13.5. The van der Waals surface area contributed by atoms with Gasteiger partial charge in [-0.2, -0.15) is 0 Å². The van der Waals surface area contributed by atoms with Crippen LogP contribution in [0.2, 0.25) is 0 Å². The number of H-pyrrole nitrogens is 1. The fraction of sp³-hybridized carbons (Fsp3) is 0.214. The lowest BCUT2D eigenvalue weighted by Crippen LogP contribution is -2.33. The third kappa shape index (κ3) is 2.92. The summed E-state index contributed by atoms with van der Waals surface area (Å²) in [6.07, 6.45) is 0. The summed E-state index contributed by atoms with van der Waals surface area (Å²) in [5.74, 6) is -0.521. The molecule has 2 rings (SSSR count). The molecule has 2 aromatic rings. The van der Waals surface area contributed by atoms with Crippen LogP contribution in [0.1, 0.15) is 22.3 Å². The summed E-state index contributed by atoms with van der Waals surface area (Å²) in [5.41, 5.74) is 6.31. The highest BCUT2D eigenvalue weighted by molar-refractivity contribution is 7.80. The fourth-order valence-electron chi connectivity index (χ4n) is 1.94. The lowest BCUT2D eigenvalue weighted by atomic mass is 10.1. The van der Waals surface area contributed by atoms with Crippen molar-refractivity contribution in [3.8, 4) is 0 Å². The van der Waals surface area contributed by atoms with E-state index in [4.69, 9.17) is 18.0 Å². The third-order valence-electron chi connectivity index (χ3n) is 3.34. The zero-order chi connectivity index (χ0) is 15.7. The molecule has 21 heavy (non-hydrogen) atoms. The van der Waals surface area contributed by atoms with Gasteiger partial charge in [-0.15, -0.1) is 0 Å². The molecular formula is C14H14FN3O2S. The van der Waals surface area contributed by atoms with Gasteiger partial charge in [-0.3, -0.25) is 14.7 Å². The predicted octanol–water partition coefficient (Wildman–Crippen LogP) is 0.975. The molecule has 0 unspecified atom stereocenters. The zero-order valence-corrected chi connectivity index (χ0v) is 12.4. The van der Waals surface area contributed by atoms with E-state index in [-0.39, 0.29) is 28.2 Å². The van der Waals surface area contributed by atoms with Crippen LogP contribution in [-0.4, -0.2) is 14.8 Å². The van der Waals surface area contributed by atoms with E-state index >= 15 is 0 Å². The largest absolute Gasteiger partial charge is 0.389 e. The molecule has 0 aliphatic carbocycles. The van der Waals surface area contributed by atoms with Gasteiger partial charge in [0.05, 0.1) is 6.54 Å². The summed E-state index contributed by atoms with van der Waals surface area (Å²) in [5, 5.41) is 2.49. The molecule has 0 bridgehead atoms. The van der Waals surface area contributed by atoms with Gasteiger partial charge in [0.2, 0.25) is 0 Å². The van der Waals surface area contributed by atoms with Crippen LogP contribution in [0.15, 0.2) is 27.8 Å². The molecule has 0 aliphatic rings. The summed E-state index contributed by atoms with van der Waals surface area (Å²) >= 11 is 4.77. The number of nitrogens with one attached hydrogen (secondary N) is 1. The SMILES string of the molecule is Cc1c(C)c(=O)n(Cc2ccc(F)c(C(N)=S)c2)[nH]c1=O. The molecule has 7 heteroatoms. The molecule has 0 atom stereocenters. The Hall–Kier alpha value is -2.28. The van der Waals surface area contributed by atoms with E-state index in [1.54, 1.807) is 13.8 Å². The van der Waals surface area contributed by atoms with Crippen LogP contribution in [0.3, 0.4) is 0 Å². The van der Waals surface area contributed by atoms with E-state index < -0.39 is 5.82 Å². The number of nitrogens with two attached hydrogens (primary N) is 1. The van der Waals surface area contributed by atoms with E-state index in [2.05, 4.69) is 5.10 Å². The molecule has 1 heterocycles. The first kappa shape index (κ1) is 15.1. The van der Waals surface area contributed by atoms with Gasteiger partial charge >= 0.3 is 0 Å². The normalized spacial score (nSPS) is 10.6. The zero-order valence-electron chi connectivity index (χ0n) is 11.6. The predicted molar refractivity (Wildman–Crippen MR) is 82.2 cm³/mol. The van der Waals surface area contributed by atoms with Gasteiger partial charge in [-0.05, 0) is 31.5 Å². The van der Waals surface area contributed by atoms with Crippen molar-refractivity contribution in [1.29, 1.82) is 0 Å². The first-order valence-electron chi connectivity index (χ1n) is 6.20. The van der Waals surface area contributed by atoms with Gasteiger partial charge in [0.25, 0.3) is 11.1 Å². The first-order valence-corrected chi connectivity index (χ1v) is 6.60. The van der Waals surface area contributed by atoms with Crippen molar-refractivity contribution in [1.82, 2.24) is 9.78 Å². The molecule has 1 aromatic carbocycles. The summed E-state index contributed by atoms with van der Waals surface area (Å²) in [6.45, 7) is 3.28. The Balaban J connectivity index is 2.49. The van der Waals surface area contributed by atoms with Crippen LogP contribution in [0.4, 0.5) is 4.39 Å². The molecule has 0 amide bonds. The van der Waals surface area contributed by atoms with Crippen molar-refractivity contribution in [3.05, 3.63) is 67.0 Å². The monoisotopic (exact) mass is 307 g/mol. The number of aromatic amines is 1. The second-order valence-corrected chi connectivity index (χ2v) is 5.20. The molecule has 0 spiro atoms. The molecule has 0 radical (unpaired) electrons. The van der Waals surface area contributed by atoms with Crippen LogP contribution >= 0.6 is 12.2 Å². The van der Waals surface area contributed by atoms with Crippen LogP contribution in [0, 0.1) is 19.7 Å².